The van der Waals surface area contributed by atoms with Gasteiger partial charge in [-0.1, -0.05) is 140 Å². The lowest BCUT2D eigenvalue weighted by atomic mass is 9.67. The lowest BCUT2D eigenvalue weighted by Crippen LogP contribution is -2.28. The topological polar surface area (TPSA) is 38.7 Å². The molecule has 1 unspecified atom stereocenters. The van der Waals surface area contributed by atoms with E-state index in [4.69, 9.17) is 9.97 Å². The van der Waals surface area contributed by atoms with Crippen LogP contribution < -0.4 is 0 Å². The summed E-state index contributed by atoms with van der Waals surface area (Å²) < 4.78 is 0. The van der Waals surface area contributed by atoms with E-state index in [-0.39, 0.29) is 0 Å². The number of benzene rings is 6. The first kappa shape index (κ1) is 31.5. The molecule has 0 N–H and O–H groups in total. The van der Waals surface area contributed by atoms with E-state index in [9.17, 15) is 0 Å². The molecule has 0 spiro atoms. The monoisotopic (exact) mass is 667 g/mol. The molecule has 2 heterocycles. The maximum Gasteiger partial charge on any atom is 0.160 e. The van der Waals surface area contributed by atoms with E-state index in [1.54, 1.807) is 0 Å². The van der Waals surface area contributed by atoms with Crippen molar-refractivity contribution < 1.29 is 0 Å². The largest absolute Gasteiger partial charge is 0.264 e. The molecule has 0 amide bonds. The number of hydrogen-bond donors (Lipinski definition) is 0. The average Bonchev–Trinajstić information content (AvgIpc) is 3.49. The highest BCUT2D eigenvalue weighted by molar-refractivity contribution is 5.89. The number of aromatic nitrogens is 3. The van der Waals surface area contributed by atoms with Gasteiger partial charge in [-0.05, 0) is 106 Å². The third kappa shape index (κ3) is 5.17. The first-order valence-electron chi connectivity index (χ1n) is 17.8. The van der Waals surface area contributed by atoms with E-state index in [0.717, 1.165) is 28.3 Å². The quantitative estimate of drug-likeness (QED) is 0.177. The van der Waals surface area contributed by atoms with Gasteiger partial charge in [-0.15, -0.1) is 0 Å². The summed E-state index contributed by atoms with van der Waals surface area (Å²) in [6.45, 7) is 6.34. The normalized spacial score (nSPS) is 14.5. The molecule has 1 aliphatic carbocycles. The van der Waals surface area contributed by atoms with E-state index < -0.39 is 5.41 Å². The van der Waals surface area contributed by atoms with Gasteiger partial charge in [-0.25, -0.2) is 9.97 Å². The van der Waals surface area contributed by atoms with Crippen LogP contribution in [0.3, 0.4) is 0 Å². The van der Waals surface area contributed by atoms with Crippen LogP contribution >= 0.6 is 0 Å². The Hall–Kier alpha value is -6.45. The summed E-state index contributed by atoms with van der Waals surface area (Å²) in [5, 5.41) is 0. The zero-order chi connectivity index (χ0) is 35.2. The summed E-state index contributed by atoms with van der Waals surface area (Å²) in [5.41, 5.74) is 18.2. The van der Waals surface area contributed by atoms with E-state index in [0.29, 0.717) is 0 Å². The third-order valence-corrected chi connectivity index (χ3v) is 10.6. The summed E-state index contributed by atoms with van der Waals surface area (Å²) in [4.78, 5) is 14.5. The highest BCUT2D eigenvalue weighted by Gasteiger charge is 2.46. The number of hydrogen-bond acceptors (Lipinski definition) is 3. The Morgan fingerprint density at radius 3 is 1.81 bits per heavy atom. The van der Waals surface area contributed by atoms with E-state index in [1.165, 1.54) is 66.8 Å². The van der Waals surface area contributed by atoms with E-state index in [2.05, 4.69) is 170 Å². The molecule has 0 fully saturated rings. The fourth-order valence-electron chi connectivity index (χ4n) is 8.28. The van der Waals surface area contributed by atoms with Gasteiger partial charge >= 0.3 is 0 Å². The summed E-state index contributed by atoms with van der Waals surface area (Å²) in [6.07, 6.45) is 3.92. The van der Waals surface area contributed by atoms with Crippen molar-refractivity contribution in [3.63, 3.8) is 0 Å². The van der Waals surface area contributed by atoms with Crippen molar-refractivity contribution in [2.45, 2.75) is 26.2 Å². The van der Waals surface area contributed by atoms with Gasteiger partial charge in [-0.2, -0.15) is 0 Å². The van der Waals surface area contributed by atoms with Crippen LogP contribution in [-0.4, -0.2) is 15.0 Å². The Balaban J connectivity index is 1.18. The molecular formula is C49H37N3. The number of fused-ring (bicyclic) bond motifs is 3. The molecule has 9 rings (SSSR count). The SMILES string of the molecule is Cc1cc(-c2cccc(-c3ccccc3)c2)nc(-c2ccc(C3(c4ccccc4)c4ccccc4-c4cc(-c5c(C)cncc5C)ccc43)cc2)n1. The molecule has 52 heavy (non-hydrogen) atoms. The maximum atomic E-state index is 5.12. The standard InChI is InChI=1S/C49H37N3/c1-32-30-50-31-33(2)47(32)39-23-26-45-43(29-39)42-19-10-11-20-44(42)49(45,40-17-8-5-9-18-40)41-24-21-36(22-25-41)48-51-34(3)27-46(52-48)38-16-12-15-37(28-38)35-13-6-4-7-14-35/h4-31H,1-3H3. The van der Waals surface area contributed by atoms with Gasteiger partial charge in [0.2, 0.25) is 0 Å². The van der Waals surface area contributed by atoms with Gasteiger partial charge in [0, 0.05) is 29.2 Å². The van der Waals surface area contributed by atoms with Crippen LogP contribution in [0.15, 0.2) is 170 Å². The minimum atomic E-state index is -0.497. The van der Waals surface area contributed by atoms with E-state index >= 15 is 0 Å². The van der Waals surface area contributed by atoms with Crippen molar-refractivity contribution in [3.05, 3.63) is 209 Å². The molecule has 3 nitrogen and oxygen atoms in total. The second kappa shape index (κ2) is 12.7. The maximum absolute atomic E-state index is 5.12. The average molecular weight is 668 g/mol. The molecule has 248 valence electrons. The zero-order valence-corrected chi connectivity index (χ0v) is 29.5. The van der Waals surface area contributed by atoms with Crippen LogP contribution in [-0.2, 0) is 5.41 Å². The van der Waals surface area contributed by atoms with Gasteiger partial charge in [0.05, 0.1) is 11.1 Å². The Morgan fingerprint density at radius 1 is 0.423 bits per heavy atom. The van der Waals surface area contributed by atoms with Gasteiger partial charge in [0.15, 0.2) is 5.82 Å². The summed E-state index contributed by atoms with van der Waals surface area (Å²) in [6, 6.07) is 57.0. The summed E-state index contributed by atoms with van der Waals surface area (Å²) in [5.74, 6) is 0.723. The lowest BCUT2D eigenvalue weighted by Gasteiger charge is -2.34. The smallest absolute Gasteiger partial charge is 0.160 e. The van der Waals surface area contributed by atoms with Gasteiger partial charge in [0.25, 0.3) is 0 Å². The predicted octanol–water partition coefficient (Wildman–Crippen LogP) is 11.8. The van der Waals surface area contributed by atoms with Crippen molar-refractivity contribution in [3.8, 4) is 56.0 Å². The molecule has 0 saturated carbocycles. The molecule has 1 atom stereocenters. The number of rotatable bonds is 6. The van der Waals surface area contributed by atoms with Gasteiger partial charge < -0.3 is 0 Å². The molecular weight excluding hydrogens is 631 g/mol. The van der Waals surface area contributed by atoms with Crippen LogP contribution in [0.4, 0.5) is 0 Å². The van der Waals surface area contributed by atoms with Gasteiger partial charge in [-0.3, -0.25) is 4.98 Å². The minimum absolute atomic E-state index is 0.497. The first-order valence-corrected chi connectivity index (χ1v) is 17.8. The molecule has 0 saturated heterocycles. The minimum Gasteiger partial charge on any atom is -0.264 e. The number of nitrogens with zero attached hydrogens (tertiary/aromatic N) is 3. The van der Waals surface area contributed by atoms with Crippen molar-refractivity contribution in [2.75, 3.05) is 0 Å². The Kier molecular flexibility index (Phi) is 7.70. The van der Waals surface area contributed by atoms with Crippen LogP contribution in [0, 0.1) is 20.8 Å². The molecule has 1 aliphatic rings. The van der Waals surface area contributed by atoms with Crippen LogP contribution in [0.2, 0.25) is 0 Å². The highest BCUT2D eigenvalue weighted by atomic mass is 14.9. The fraction of sp³-hybridized carbons (Fsp3) is 0.0816. The van der Waals surface area contributed by atoms with Crippen LogP contribution in [0.25, 0.3) is 56.0 Å². The molecule has 0 radical (unpaired) electrons. The van der Waals surface area contributed by atoms with Crippen molar-refractivity contribution in [1.82, 2.24) is 15.0 Å². The van der Waals surface area contributed by atoms with Crippen LogP contribution in [0.5, 0.6) is 0 Å². The van der Waals surface area contributed by atoms with Gasteiger partial charge in [0.1, 0.15) is 0 Å². The number of pyridine rings is 1. The molecule has 3 heteroatoms. The van der Waals surface area contributed by atoms with E-state index in [1.807, 2.05) is 25.4 Å². The Morgan fingerprint density at radius 2 is 1.04 bits per heavy atom. The first-order chi connectivity index (χ1) is 25.5. The molecule has 6 aromatic carbocycles. The molecule has 0 aliphatic heterocycles. The number of aryl methyl sites for hydroxylation is 3. The molecule has 0 bridgehead atoms. The fourth-order valence-corrected chi connectivity index (χ4v) is 8.28. The van der Waals surface area contributed by atoms with Crippen molar-refractivity contribution in [2.24, 2.45) is 0 Å². The van der Waals surface area contributed by atoms with Crippen molar-refractivity contribution in [1.29, 1.82) is 0 Å². The zero-order valence-electron chi connectivity index (χ0n) is 29.5. The molecule has 8 aromatic rings. The Bertz CT molecular complexity index is 2570. The third-order valence-electron chi connectivity index (χ3n) is 10.6. The van der Waals surface area contributed by atoms with Crippen molar-refractivity contribution >= 4 is 0 Å². The summed E-state index contributed by atoms with van der Waals surface area (Å²) in [7, 11) is 0. The lowest BCUT2D eigenvalue weighted by molar-refractivity contribution is 0.768. The van der Waals surface area contributed by atoms with Crippen LogP contribution in [0.1, 0.15) is 39.1 Å². The second-order valence-electron chi connectivity index (χ2n) is 13.8. The highest BCUT2D eigenvalue weighted by Crippen LogP contribution is 2.56. The predicted molar refractivity (Wildman–Crippen MR) is 213 cm³/mol. The summed E-state index contributed by atoms with van der Waals surface area (Å²) >= 11 is 0. The second-order valence-corrected chi connectivity index (χ2v) is 13.8. The molecule has 2 aromatic heterocycles. The Labute approximate surface area is 305 Å².